The summed E-state index contributed by atoms with van der Waals surface area (Å²) in [5.74, 6) is -0.938. The van der Waals surface area contributed by atoms with Crippen LogP contribution in [0.25, 0.3) is 0 Å². The largest absolute Gasteiger partial charge is 0.481 e. The van der Waals surface area contributed by atoms with Crippen molar-refractivity contribution in [1.82, 2.24) is 10.2 Å². The average molecular weight is 290 g/mol. The van der Waals surface area contributed by atoms with Crippen molar-refractivity contribution in [3.63, 3.8) is 0 Å². The van der Waals surface area contributed by atoms with Gasteiger partial charge in [0.2, 0.25) is 5.91 Å². The topological polar surface area (TPSA) is 69.6 Å². The summed E-state index contributed by atoms with van der Waals surface area (Å²) in [6.07, 6.45) is 2.96. The molecule has 1 heterocycles. The van der Waals surface area contributed by atoms with E-state index in [9.17, 15) is 9.59 Å². The van der Waals surface area contributed by atoms with Gasteiger partial charge in [0.25, 0.3) is 0 Å². The number of hydrogen-bond donors (Lipinski definition) is 2. The van der Waals surface area contributed by atoms with Gasteiger partial charge in [-0.2, -0.15) is 0 Å². The molecule has 1 aromatic carbocycles. The van der Waals surface area contributed by atoms with Crippen molar-refractivity contribution in [3.8, 4) is 0 Å². The number of carbonyl (C=O) groups excluding carboxylic acids is 1. The van der Waals surface area contributed by atoms with Crippen molar-refractivity contribution in [1.29, 1.82) is 0 Å². The predicted molar refractivity (Wildman–Crippen MR) is 79.8 cm³/mol. The Labute approximate surface area is 125 Å². The minimum absolute atomic E-state index is 0.0306. The normalized spacial score (nSPS) is 19.1. The lowest BCUT2D eigenvalue weighted by Gasteiger charge is -2.34. The van der Waals surface area contributed by atoms with Crippen molar-refractivity contribution in [3.05, 3.63) is 35.9 Å². The zero-order valence-electron chi connectivity index (χ0n) is 12.1. The third kappa shape index (κ3) is 4.86. The van der Waals surface area contributed by atoms with Gasteiger partial charge in [0.05, 0.1) is 12.5 Å². The SMILES string of the molecule is O=C(O)CCNC(=O)[C@@H]1CCCCN1Cc1ccccc1. The van der Waals surface area contributed by atoms with Gasteiger partial charge in [-0.05, 0) is 24.9 Å². The van der Waals surface area contributed by atoms with Gasteiger partial charge in [0.15, 0.2) is 0 Å². The molecule has 1 atom stereocenters. The predicted octanol–water partition coefficient (Wildman–Crippen LogP) is 1.63. The molecule has 0 aliphatic carbocycles. The van der Waals surface area contributed by atoms with E-state index < -0.39 is 5.97 Å². The summed E-state index contributed by atoms with van der Waals surface area (Å²) in [6, 6.07) is 9.97. The van der Waals surface area contributed by atoms with Crippen molar-refractivity contribution >= 4 is 11.9 Å². The van der Waals surface area contributed by atoms with Crippen LogP contribution in [-0.2, 0) is 16.1 Å². The molecule has 1 aromatic rings. The van der Waals surface area contributed by atoms with Gasteiger partial charge >= 0.3 is 5.97 Å². The Morgan fingerprint density at radius 1 is 1.24 bits per heavy atom. The van der Waals surface area contributed by atoms with Gasteiger partial charge in [-0.3, -0.25) is 14.5 Å². The van der Waals surface area contributed by atoms with Crippen molar-refractivity contribution < 1.29 is 14.7 Å². The van der Waals surface area contributed by atoms with Crippen LogP contribution in [-0.4, -0.2) is 41.0 Å². The first-order valence-corrected chi connectivity index (χ1v) is 7.44. The van der Waals surface area contributed by atoms with E-state index in [-0.39, 0.29) is 24.9 Å². The van der Waals surface area contributed by atoms with Gasteiger partial charge in [-0.25, -0.2) is 0 Å². The average Bonchev–Trinajstić information content (AvgIpc) is 2.48. The maximum absolute atomic E-state index is 12.2. The Balaban J connectivity index is 1.91. The fourth-order valence-corrected chi connectivity index (χ4v) is 2.71. The molecular formula is C16H22N2O3. The van der Waals surface area contributed by atoms with Crippen LogP contribution in [0.3, 0.4) is 0 Å². The van der Waals surface area contributed by atoms with Crippen LogP contribution in [0.4, 0.5) is 0 Å². The van der Waals surface area contributed by atoms with E-state index >= 15 is 0 Å². The lowest BCUT2D eigenvalue weighted by molar-refractivity contribution is -0.137. The highest BCUT2D eigenvalue weighted by Crippen LogP contribution is 2.19. The zero-order valence-corrected chi connectivity index (χ0v) is 12.1. The Morgan fingerprint density at radius 2 is 2.00 bits per heavy atom. The molecule has 114 valence electrons. The number of carboxylic acids is 1. The maximum Gasteiger partial charge on any atom is 0.305 e. The molecule has 0 bridgehead atoms. The molecule has 1 fully saturated rings. The minimum Gasteiger partial charge on any atom is -0.481 e. The summed E-state index contributed by atoms with van der Waals surface area (Å²) in [5, 5.41) is 11.4. The lowest BCUT2D eigenvalue weighted by Crippen LogP contribution is -2.49. The second kappa shape index (κ2) is 7.78. The number of benzene rings is 1. The fourth-order valence-electron chi connectivity index (χ4n) is 2.71. The number of nitrogens with one attached hydrogen (secondary N) is 1. The van der Waals surface area contributed by atoms with E-state index in [2.05, 4.69) is 22.3 Å². The van der Waals surface area contributed by atoms with Gasteiger partial charge in [-0.15, -0.1) is 0 Å². The number of nitrogens with zero attached hydrogens (tertiary/aromatic N) is 1. The van der Waals surface area contributed by atoms with E-state index in [1.807, 2.05) is 18.2 Å². The zero-order chi connectivity index (χ0) is 15.1. The third-order valence-corrected chi connectivity index (χ3v) is 3.78. The highest BCUT2D eigenvalue weighted by molar-refractivity contribution is 5.82. The molecule has 1 aliphatic heterocycles. The highest BCUT2D eigenvalue weighted by atomic mass is 16.4. The summed E-state index contributed by atoms with van der Waals surface area (Å²) in [4.78, 5) is 24.9. The molecule has 21 heavy (non-hydrogen) atoms. The number of likely N-dealkylation sites (tertiary alicyclic amines) is 1. The van der Waals surface area contributed by atoms with Gasteiger partial charge in [-0.1, -0.05) is 36.8 Å². The molecule has 0 spiro atoms. The Morgan fingerprint density at radius 3 is 2.71 bits per heavy atom. The smallest absolute Gasteiger partial charge is 0.305 e. The molecule has 0 aromatic heterocycles. The lowest BCUT2D eigenvalue weighted by atomic mass is 10.0. The molecule has 5 heteroatoms. The number of rotatable bonds is 6. The standard InChI is InChI=1S/C16H22N2O3/c19-15(20)9-10-17-16(21)14-8-4-5-11-18(14)12-13-6-2-1-3-7-13/h1-3,6-7,14H,4-5,8-12H2,(H,17,21)(H,19,20)/t14-/m0/s1. The van der Waals surface area contributed by atoms with Crippen LogP contribution in [0.2, 0.25) is 0 Å². The molecule has 2 rings (SSSR count). The molecule has 1 amide bonds. The molecule has 1 aliphatic rings. The van der Waals surface area contributed by atoms with Crippen LogP contribution < -0.4 is 5.32 Å². The molecule has 0 radical (unpaired) electrons. The summed E-state index contributed by atoms with van der Waals surface area (Å²) in [7, 11) is 0. The van der Waals surface area contributed by atoms with Crippen LogP contribution >= 0.6 is 0 Å². The van der Waals surface area contributed by atoms with Crippen molar-refractivity contribution in [2.75, 3.05) is 13.1 Å². The Hall–Kier alpha value is -1.88. The van der Waals surface area contributed by atoms with E-state index in [0.29, 0.717) is 0 Å². The van der Waals surface area contributed by atoms with Gasteiger partial charge < -0.3 is 10.4 Å². The highest BCUT2D eigenvalue weighted by Gasteiger charge is 2.28. The number of carbonyl (C=O) groups is 2. The van der Waals surface area contributed by atoms with Crippen LogP contribution in [0, 0.1) is 0 Å². The monoisotopic (exact) mass is 290 g/mol. The molecule has 0 unspecified atom stereocenters. The van der Waals surface area contributed by atoms with E-state index in [4.69, 9.17) is 5.11 Å². The molecule has 2 N–H and O–H groups in total. The number of piperidine rings is 1. The van der Waals surface area contributed by atoms with E-state index in [1.165, 1.54) is 5.56 Å². The molecule has 5 nitrogen and oxygen atoms in total. The Bertz CT molecular complexity index is 476. The second-order valence-electron chi connectivity index (χ2n) is 5.40. The third-order valence-electron chi connectivity index (χ3n) is 3.78. The van der Waals surface area contributed by atoms with Gasteiger partial charge in [0, 0.05) is 13.1 Å². The Kier molecular flexibility index (Phi) is 5.75. The van der Waals surface area contributed by atoms with Crippen LogP contribution in [0.5, 0.6) is 0 Å². The second-order valence-corrected chi connectivity index (χ2v) is 5.40. The number of amides is 1. The molecule has 0 saturated carbocycles. The number of aliphatic carboxylic acids is 1. The number of hydrogen-bond acceptors (Lipinski definition) is 3. The summed E-state index contributed by atoms with van der Waals surface area (Å²) < 4.78 is 0. The minimum atomic E-state index is -0.889. The van der Waals surface area contributed by atoms with Crippen LogP contribution in [0.15, 0.2) is 30.3 Å². The van der Waals surface area contributed by atoms with Crippen LogP contribution in [0.1, 0.15) is 31.2 Å². The summed E-state index contributed by atoms with van der Waals surface area (Å²) in [5.41, 5.74) is 1.20. The fraction of sp³-hybridized carbons (Fsp3) is 0.500. The first kappa shape index (κ1) is 15.5. The summed E-state index contributed by atoms with van der Waals surface area (Å²) in [6.45, 7) is 1.87. The first-order chi connectivity index (χ1) is 10.2. The molecular weight excluding hydrogens is 268 g/mol. The van der Waals surface area contributed by atoms with Crippen molar-refractivity contribution in [2.24, 2.45) is 0 Å². The summed E-state index contributed by atoms with van der Waals surface area (Å²) >= 11 is 0. The van der Waals surface area contributed by atoms with Gasteiger partial charge in [0.1, 0.15) is 0 Å². The van der Waals surface area contributed by atoms with Crippen molar-refractivity contribution in [2.45, 2.75) is 38.3 Å². The van der Waals surface area contributed by atoms with E-state index in [1.54, 1.807) is 0 Å². The number of carboxylic acid groups (broad SMARTS) is 1. The quantitative estimate of drug-likeness (QED) is 0.835. The van der Waals surface area contributed by atoms with E-state index in [0.717, 1.165) is 32.4 Å². The maximum atomic E-state index is 12.2. The first-order valence-electron chi connectivity index (χ1n) is 7.44. The molecule has 1 saturated heterocycles.